The third-order valence-corrected chi connectivity index (χ3v) is 7.44. The van der Waals surface area contributed by atoms with Crippen molar-refractivity contribution in [1.82, 2.24) is 15.1 Å². The minimum Gasteiger partial charge on any atom is -0.334 e. The SMILES string of the molecule is O=C(NCc1ccccc1)N1CCC2(CC1)SCCN2C(=O)c1ccc(Cl)cc1. The lowest BCUT2D eigenvalue weighted by molar-refractivity contribution is 0.0581. The molecule has 0 radical (unpaired) electrons. The van der Waals surface area contributed by atoms with Gasteiger partial charge < -0.3 is 15.1 Å². The van der Waals surface area contributed by atoms with Gasteiger partial charge in [-0.1, -0.05) is 41.9 Å². The maximum Gasteiger partial charge on any atom is 0.317 e. The number of nitrogens with zero attached hydrogens (tertiary/aromatic N) is 2. The van der Waals surface area contributed by atoms with Crippen LogP contribution in [0.2, 0.25) is 5.02 Å². The van der Waals surface area contributed by atoms with Crippen LogP contribution in [0.25, 0.3) is 0 Å². The van der Waals surface area contributed by atoms with E-state index >= 15 is 0 Å². The Labute approximate surface area is 180 Å². The van der Waals surface area contributed by atoms with E-state index in [0.29, 0.717) is 30.2 Å². The van der Waals surface area contributed by atoms with Gasteiger partial charge >= 0.3 is 6.03 Å². The number of thioether (sulfide) groups is 1. The van der Waals surface area contributed by atoms with Crippen molar-refractivity contribution in [2.24, 2.45) is 0 Å². The van der Waals surface area contributed by atoms with Gasteiger partial charge in [-0.2, -0.15) is 0 Å². The zero-order chi connectivity index (χ0) is 20.3. The van der Waals surface area contributed by atoms with Gasteiger partial charge in [-0.05, 0) is 42.7 Å². The molecule has 2 aromatic carbocycles. The van der Waals surface area contributed by atoms with Crippen LogP contribution in [-0.4, -0.2) is 52.0 Å². The maximum atomic E-state index is 13.1. The quantitative estimate of drug-likeness (QED) is 0.794. The molecule has 0 saturated carbocycles. The van der Waals surface area contributed by atoms with E-state index in [4.69, 9.17) is 11.6 Å². The number of likely N-dealkylation sites (tertiary alicyclic amines) is 1. The number of hydrogen-bond acceptors (Lipinski definition) is 3. The van der Waals surface area contributed by atoms with Crippen LogP contribution in [0.3, 0.4) is 0 Å². The van der Waals surface area contributed by atoms with Gasteiger partial charge in [0.25, 0.3) is 5.91 Å². The van der Waals surface area contributed by atoms with Gasteiger partial charge in [-0.25, -0.2) is 4.79 Å². The van der Waals surface area contributed by atoms with Crippen molar-refractivity contribution in [2.45, 2.75) is 24.3 Å². The summed E-state index contributed by atoms with van der Waals surface area (Å²) < 4.78 is 0. The Kier molecular flexibility index (Phi) is 6.01. The van der Waals surface area contributed by atoms with Crippen LogP contribution < -0.4 is 5.32 Å². The molecule has 2 aromatic rings. The Hall–Kier alpha value is -2.18. The number of rotatable bonds is 3. The molecule has 29 heavy (non-hydrogen) atoms. The van der Waals surface area contributed by atoms with Gasteiger partial charge in [0.2, 0.25) is 0 Å². The molecule has 2 heterocycles. The minimum atomic E-state index is -0.215. The molecule has 152 valence electrons. The molecule has 0 unspecified atom stereocenters. The molecule has 5 nitrogen and oxygen atoms in total. The Bertz CT molecular complexity index is 867. The predicted molar refractivity (Wildman–Crippen MR) is 117 cm³/mol. The highest BCUT2D eigenvalue weighted by Crippen LogP contribution is 2.44. The highest BCUT2D eigenvalue weighted by atomic mass is 35.5. The summed E-state index contributed by atoms with van der Waals surface area (Å²) in [4.78, 5) is 29.3. The summed E-state index contributed by atoms with van der Waals surface area (Å²) in [6.45, 7) is 2.57. The summed E-state index contributed by atoms with van der Waals surface area (Å²) in [6, 6.07) is 16.9. The van der Waals surface area contributed by atoms with E-state index in [1.54, 1.807) is 24.3 Å². The van der Waals surface area contributed by atoms with Crippen molar-refractivity contribution in [1.29, 1.82) is 0 Å². The topological polar surface area (TPSA) is 52.7 Å². The van der Waals surface area contributed by atoms with Crippen molar-refractivity contribution in [3.63, 3.8) is 0 Å². The summed E-state index contributed by atoms with van der Waals surface area (Å²) in [6.07, 6.45) is 1.57. The molecule has 2 fully saturated rings. The van der Waals surface area contributed by atoms with Gasteiger partial charge in [-0.15, -0.1) is 11.8 Å². The first kappa shape index (κ1) is 20.1. The second kappa shape index (κ2) is 8.67. The molecule has 3 amide bonds. The number of hydrogen-bond donors (Lipinski definition) is 1. The average Bonchev–Trinajstić information content (AvgIpc) is 3.16. The molecule has 1 spiro atoms. The molecule has 0 aliphatic carbocycles. The Morgan fingerprint density at radius 3 is 2.38 bits per heavy atom. The highest BCUT2D eigenvalue weighted by molar-refractivity contribution is 8.00. The molecule has 7 heteroatoms. The van der Waals surface area contributed by atoms with Gasteiger partial charge in [-0.3, -0.25) is 4.79 Å². The fraction of sp³-hybridized carbons (Fsp3) is 0.364. The smallest absolute Gasteiger partial charge is 0.317 e. The van der Waals surface area contributed by atoms with Crippen LogP contribution in [0.5, 0.6) is 0 Å². The van der Waals surface area contributed by atoms with E-state index in [9.17, 15) is 9.59 Å². The molecule has 1 N–H and O–H groups in total. The number of benzene rings is 2. The predicted octanol–water partition coefficient (Wildman–Crippen LogP) is 4.23. The molecule has 2 aliphatic rings. The first-order chi connectivity index (χ1) is 14.1. The highest BCUT2D eigenvalue weighted by Gasteiger charge is 2.47. The molecular weight excluding hydrogens is 406 g/mol. The third kappa shape index (κ3) is 4.38. The number of urea groups is 1. The Morgan fingerprint density at radius 2 is 1.69 bits per heavy atom. The van der Waals surface area contributed by atoms with Crippen LogP contribution in [0.15, 0.2) is 54.6 Å². The Balaban J connectivity index is 1.36. The fourth-order valence-electron chi connectivity index (χ4n) is 4.00. The zero-order valence-corrected chi connectivity index (χ0v) is 17.7. The molecule has 2 saturated heterocycles. The molecule has 0 aromatic heterocycles. The minimum absolute atomic E-state index is 0.0396. The fourth-order valence-corrected chi connectivity index (χ4v) is 5.58. The van der Waals surface area contributed by atoms with E-state index < -0.39 is 0 Å². The van der Waals surface area contributed by atoms with E-state index in [1.165, 1.54) is 0 Å². The lowest BCUT2D eigenvalue weighted by Gasteiger charge is -2.44. The molecular formula is C22H24ClN3O2S. The molecule has 2 aliphatic heterocycles. The number of nitrogens with one attached hydrogen (secondary N) is 1. The van der Waals surface area contributed by atoms with Crippen LogP contribution in [0, 0.1) is 0 Å². The van der Waals surface area contributed by atoms with Crippen molar-refractivity contribution in [3.05, 3.63) is 70.7 Å². The van der Waals surface area contributed by atoms with Crippen molar-refractivity contribution < 1.29 is 9.59 Å². The van der Waals surface area contributed by atoms with Crippen LogP contribution in [0.4, 0.5) is 4.79 Å². The maximum absolute atomic E-state index is 13.1. The number of carbonyl (C=O) groups excluding carboxylic acids is 2. The monoisotopic (exact) mass is 429 g/mol. The average molecular weight is 430 g/mol. The van der Waals surface area contributed by atoms with Crippen LogP contribution in [-0.2, 0) is 6.54 Å². The summed E-state index contributed by atoms with van der Waals surface area (Å²) >= 11 is 7.80. The van der Waals surface area contributed by atoms with E-state index in [-0.39, 0.29) is 16.8 Å². The Morgan fingerprint density at radius 1 is 1.00 bits per heavy atom. The summed E-state index contributed by atoms with van der Waals surface area (Å²) in [7, 11) is 0. The van der Waals surface area contributed by atoms with E-state index in [1.807, 2.05) is 51.9 Å². The summed E-state index contributed by atoms with van der Waals surface area (Å²) in [5, 5.41) is 3.63. The van der Waals surface area contributed by atoms with Crippen molar-refractivity contribution in [2.75, 3.05) is 25.4 Å². The lowest BCUT2D eigenvalue weighted by Crippen LogP contribution is -2.55. The number of carbonyl (C=O) groups is 2. The molecule has 0 bridgehead atoms. The number of halogens is 1. The molecule has 4 rings (SSSR count). The normalized spacial score (nSPS) is 18.1. The number of piperidine rings is 1. The lowest BCUT2D eigenvalue weighted by atomic mass is 10.0. The largest absolute Gasteiger partial charge is 0.334 e. The van der Waals surface area contributed by atoms with Crippen LogP contribution in [0.1, 0.15) is 28.8 Å². The summed E-state index contributed by atoms with van der Waals surface area (Å²) in [5.74, 6) is 0.980. The zero-order valence-electron chi connectivity index (χ0n) is 16.1. The van der Waals surface area contributed by atoms with Gasteiger partial charge in [0.15, 0.2) is 0 Å². The second-order valence-corrected chi connectivity index (χ2v) is 9.28. The second-order valence-electron chi connectivity index (χ2n) is 7.39. The first-order valence-electron chi connectivity index (χ1n) is 9.86. The van der Waals surface area contributed by atoms with Crippen molar-refractivity contribution >= 4 is 35.3 Å². The van der Waals surface area contributed by atoms with Crippen LogP contribution >= 0.6 is 23.4 Å². The van der Waals surface area contributed by atoms with Crippen molar-refractivity contribution in [3.8, 4) is 0 Å². The van der Waals surface area contributed by atoms with Gasteiger partial charge in [0.05, 0.1) is 4.87 Å². The van der Waals surface area contributed by atoms with E-state index in [2.05, 4.69) is 5.32 Å². The van der Waals surface area contributed by atoms with E-state index in [0.717, 1.165) is 30.7 Å². The first-order valence-corrected chi connectivity index (χ1v) is 11.2. The summed E-state index contributed by atoms with van der Waals surface area (Å²) in [5.41, 5.74) is 1.75. The standard InChI is InChI=1S/C22H24ClN3O2S/c23-19-8-6-18(7-9-19)20(27)26-14-15-29-22(26)10-12-25(13-11-22)21(28)24-16-17-4-2-1-3-5-17/h1-9H,10-16H2,(H,24,28). The molecule has 0 atom stereocenters. The third-order valence-electron chi connectivity index (χ3n) is 5.63. The van der Waals surface area contributed by atoms with Gasteiger partial charge in [0.1, 0.15) is 0 Å². The van der Waals surface area contributed by atoms with Gasteiger partial charge in [0, 0.05) is 42.5 Å². The number of amides is 3.